The summed E-state index contributed by atoms with van der Waals surface area (Å²) in [4.78, 5) is 39.7. The quantitative estimate of drug-likeness (QED) is 0.647. The van der Waals surface area contributed by atoms with Crippen molar-refractivity contribution in [2.24, 2.45) is 11.8 Å². The minimum absolute atomic E-state index is 0.121. The van der Waals surface area contributed by atoms with Gasteiger partial charge in [-0.25, -0.2) is 9.69 Å². The lowest BCUT2D eigenvalue weighted by atomic mass is 9.55. The smallest absolute Gasteiger partial charge is 0.335 e. The molecule has 1 fully saturated rings. The van der Waals surface area contributed by atoms with Crippen molar-refractivity contribution < 1.29 is 19.5 Å². The summed E-state index contributed by atoms with van der Waals surface area (Å²) in [6, 6.07) is 20.4. The lowest BCUT2D eigenvalue weighted by molar-refractivity contribution is -0.122. The minimum Gasteiger partial charge on any atom is -0.478 e. The van der Waals surface area contributed by atoms with Crippen LogP contribution < -0.4 is 4.90 Å². The molecule has 4 atom stereocenters. The van der Waals surface area contributed by atoms with Crippen LogP contribution in [0.2, 0.25) is 0 Å². The summed E-state index contributed by atoms with van der Waals surface area (Å²) in [7, 11) is 0. The number of nitrogens with zero attached hydrogens (tertiary/aromatic N) is 1. The molecular weight excluding hydrogens is 390 g/mol. The van der Waals surface area contributed by atoms with E-state index in [-0.39, 0.29) is 29.2 Å². The van der Waals surface area contributed by atoms with Crippen molar-refractivity contribution in [1.29, 1.82) is 0 Å². The van der Waals surface area contributed by atoms with Crippen LogP contribution in [0.1, 0.15) is 50.0 Å². The van der Waals surface area contributed by atoms with Crippen molar-refractivity contribution in [3.8, 4) is 0 Å². The van der Waals surface area contributed by atoms with Crippen molar-refractivity contribution in [3.63, 3.8) is 0 Å². The molecule has 152 valence electrons. The maximum atomic E-state index is 13.7. The Morgan fingerprint density at radius 2 is 1.32 bits per heavy atom. The van der Waals surface area contributed by atoms with Crippen LogP contribution in [-0.2, 0) is 9.59 Å². The minimum atomic E-state index is -1.04. The molecule has 1 heterocycles. The first-order valence-corrected chi connectivity index (χ1v) is 10.4. The number of carbonyl (C=O) groups is 3. The maximum absolute atomic E-state index is 13.7. The number of carbonyl (C=O) groups excluding carboxylic acids is 2. The van der Waals surface area contributed by atoms with Crippen molar-refractivity contribution in [3.05, 3.63) is 100 Å². The number of benzene rings is 3. The predicted molar refractivity (Wildman–Crippen MR) is 114 cm³/mol. The number of hydrogen-bond acceptors (Lipinski definition) is 3. The molecule has 1 aliphatic heterocycles. The number of hydrogen-bond donors (Lipinski definition) is 1. The van der Waals surface area contributed by atoms with Crippen molar-refractivity contribution >= 4 is 23.5 Å². The Labute approximate surface area is 178 Å². The van der Waals surface area contributed by atoms with Gasteiger partial charge in [-0.2, -0.15) is 0 Å². The van der Waals surface area contributed by atoms with Crippen molar-refractivity contribution in [2.45, 2.75) is 18.8 Å². The molecule has 3 aliphatic carbocycles. The van der Waals surface area contributed by atoms with E-state index in [0.29, 0.717) is 5.69 Å². The molecule has 5 nitrogen and oxygen atoms in total. The van der Waals surface area contributed by atoms with Gasteiger partial charge >= 0.3 is 5.97 Å². The SMILES string of the molecule is Cc1ccc2c(c1)C1c3ccccc3C2C2C(=O)N(c3ccc(C(=O)O)cc3)C(=O)C12. The van der Waals surface area contributed by atoms with Gasteiger partial charge in [0.25, 0.3) is 0 Å². The topological polar surface area (TPSA) is 74.7 Å². The third kappa shape index (κ3) is 2.29. The average Bonchev–Trinajstić information content (AvgIpc) is 3.04. The lowest BCUT2D eigenvalue weighted by Gasteiger charge is -2.46. The molecule has 3 aromatic carbocycles. The van der Waals surface area contributed by atoms with Gasteiger partial charge in [-0.15, -0.1) is 0 Å². The Bertz CT molecular complexity index is 1290. The first-order valence-electron chi connectivity index (χ1n) is 10.4. The molecule has 7 rings (SSSR count). The Hall–Kier alpha value is -3.73. The monoisotopic (exact) mass is 409 g/mol. The normalized spacial score (nSPS) is 25.3. The summed E-state index contributed by atoms with van der Waals surface area (Å²) >= 11 is 0. The molecule has 3 aromatic rings. The van der Waals surface area contributed by atoms with Gasteiger partial charge in [-0.1, -0.05) is 48.0 Å². The van der Waals surface area contributed by atoms with Crippen molar-refractivity contribution in [1.82, 2.24) is 0 Å². The largest absolute Gasteiger partial charge is 0.478 e. The maximum Gasteiger partial charge on any atom is 0.335 e. The zero-order chi connectivity index (χ0) is 21.4. The second kappa shape index (κ2) is 6.14. The summed E-state index contributed by atoms with van der Waals surface area (Å²) in [6.45, 7) is 2.05. The molecule has 31 heavy (non-hydrogen) atoms. The first-order chi connectivity index (χ1) is 15.0. The van der Waals surface area contributed by atoms with Gasteiger partial charge in [0.15, 0.2) is 0 Å². The van der Waals surface area contributed by atoms with E-state index in [9.17, 15) is 14.4 Å². The Morgan fingerprint density at radius 1 is 0.774 bits per heavy atom. The van der Waals surface area contributed by atoms with Crippen LogP contribution in [0.4, 0.5) is 5.69 Å². The Balaban J connectivity index is 1.52. The summed E-state index contributed by atoms with van der Waals surface area (Å²) in [6.07, 6.45) is 0. The second-order valence-corrected chi connectivity index (χ2v) is 8.63. The molecule has 1 N–H and O–H groups in total. The van der Waals surface area contributed by atoms with Gasteiger partial charge in [-0.3, -0.25) is 9.59 Å². The van der Waals surface area contributed by atoms with Crippen LogP contribution in [0.5, 0.6) is 0 Å². The van der Waals surface area contributed by atoms with Crippen LogP contribution in [0.3, 0.4) is 0 Å². The highest BCUT2D eigenvalue weighted by Crippen LogP contribution is 2.61. The number of rotatable bonds is 2. The number of carboxylic acid groups (broad SMARTS) is 1. The van der Waals surface area contributed by atoms with Crippen LogP contribution in [0.15, 0.2) is 66.7 Å². The Morgan fingerprint density at radius 3 is 1.90 bits per heavy atom. The molecule has 4 aliphatic rings. The highest BCUT2D eigenvalue weighted by molar-refractivity contribution is 6.23. The highest BCUT2D eigenvalue weighted by atomic mass is 16.4. The van der Waals surface area contributed by atoms with E-state index < -0.39 is 17.8 Å². The van der Waals surface area contributed by atoms with Crippen LogP contribution in [-0.4, -0.2) is 22.9 Å². The van der Waals surface area contributed by atoms with E-state index in [2.05, 4.69) is 30.3 Å². The van der Waals surface area contributed by atoms with Crippen LogP contribution in [0.25, 0.3) is 0 Å². The van der Waals surface area contributed by atoms with Gasteiger partial charge in [0.2, 0.25) is 11.8 Å². The standard InChI is InChI=1S/C26H19NO4/c1-13-6-11-18-19(12-13)21-17-5-3-2-4-16(17)20(18)22-23(21)25(29)27(24(22)28)15-9-7-14(8-10-15)26(30)31/h2-12,20-23H,1H3,(H,30,31). The lowest BCUT2D eigenvalue weighted by Crippen LogP contribution is -2.41. The molecule has 0 radical (unpaired) electrons. The second-order valence-electron chi connectivity index (χ2n) is 8.63. The molecule has 4 unspecified atom stereocenters. The van der Waals surface area contributed by atoms with Gasteiger partial charge < -0.3 is 5.11 Å². The first kappa shape index (κ1) is 18.1. The number of anilines is 1. The van der Waals surface area contributed by atoms with Gasteiger partial charge in [0.05, 0.1) is 23.1 Å². The molecule has 0 spiro atoms. The summed E-state index contributed by atoms with van der Waals surface area (Å²) < 4.78 is 0. The van der Waals surface area contributed by atoms with E-state index in [1.165, 1.54) is 17.0 Å². The fourth-order valence-corrected chi connectivity index (χ4v) is 5.85. The molecular formula is C26H19NO4. The zero-order valence-corrected chi connectivity index (χ0v) is 16.8. The van der Waals surface area contributed by atoms with E-state index >= 15 is 0 Å². The van der Waals surface area contributed by atoms with E-state index in [4.69, 9.17) is 5.11 Å². The third-order valence-corrected chi connectivity index (χ3v) is 7.07. The summed E-state index contributed by atoms with van der Waals surface area (Å²) in [5, 5.41) is 9.17. The predicted octanol–water partition coefficient (Wildman–Crippen LogP) is 4.09. The average molecular weight is 409 g/mol. The van der Waals surface area contributed by atoms with E-state index in [1.54, 1.807) is 12.1 Å². The van der Waals surface area contributed by atoms with E-state index in [1.807, 2.05) is 19.1 Å². The van der Waals surface area contributed by atoms with Gasteiger partial charge in [0.1, 0.15) is 0 Å². The van der Waals surface area contributed by atoms with Crippen LogP contribution in [0, 0.1) is 18.8 Å². The number of carboxylic acids is 1. The molecule has 0 aromatic heterocycles. The van der Waals surface area contributed by atoms with Gasteiger partial charge in [-0.05, 0) is 53.4 Å². The fourth-order valence-electron chi connectivity index (χ4n) is 5.85. The molecule has 1 saturated heterocycles. The molecule has 0 saturated carbocycles. The van der Waals surface area contributed by atoms with Gasteiger partial charge in [0, 0.05) is 11.8 Å². The number of amides is 2. The third-order valence-electron chi connectivity index (χ3n) is 7.07. The summed E-state index contributed by atoms with van der Waals surface area (Å²) in [5.41, 5.74) is 6.24. The molecule has 2 amide bonds. The molecule has 5 heteroatoms. The van der Waals surface area contributed by atoms with E-state index in [0.717, 1.165) is 27.8 Å². The molecule has 2 bridgehead atoms. The fraction of sp³-hybridized carbons (Fsp3) is 0.192. The number of aromatic carboxylic acids is 1. The zero-order valence-electron chi connectivity index (χ0n) is 16.8. The summed E-state index contributed by atoms with van der Waals surface area (Å²) in [5.74, 6) is -2.63. The number of aryl methyl sites for hydroxylation is 1. The highest BCUT2D eigenvalue weighted by Gasteiger charge is 2.61. The van der Waals surface area contributed by atoms with Crippen LogP contribution >= 0.6 is 0 Å². The number of imide groups is 1. The Kier molecular flexibility index (Phi) is 3.58. The van der Waals surface area contributed by atoms with Crippen molar-refractivity contribution in [2.75, 3.05) is 4.90 Å².